The van der Waals surface area contributed by atoms with E-state index in [2.05, 4.69) is 63.0 Å². The molecule has 3 heterocycles. The number of carboxylic acids is 1. The van der Waals surface area contributed by atoms with Gasteiger partial charge in [0.2, 0.25) is 5.95 Å². The molecule has 0 amide bonds. The molecule has 2 aliphatic heterocycles. The Bertz CT molecular complexity index is 914. The molecule has 7 heteroatoms. The molecule has 1 aliphatic carbocycles. The molecule has 2 saturated heterocycles. The number of aromatic nitrogens is 2. The summed E-state index contributed by atoms with van der Waals surface area (Å²) in [7, 11) is 4.26. The summed E-state index contributed by atoms with van der Waals surface area (Å²) in [6, 6.07) is 12.7. The van der Waals surface area contributed by atoms with Crippen LogP contribution in [-0.4, -0.2) is 83.2 Å². The second kappa shape index (κ2) is 13.2. The monoisotopic (exact) mass is 493 g/mol. The summed E-state index contributed by atoms with van der Waals surface area (Å²) in [6.45, 7) is 4.16. The molecule has 2 unspecified atom stereocenters. The molecule has 0 bridgehead atoms. The minimum atomic E-state index is -0.615. The molecule has 3 aliphatic rings. The fraction of sp³-hybridized carbons (Fsp3) is 0.621. The van der Waals surface area contributed by atoms with Gasteiger partial charge in [0.1, 0.15) is 6.04 Å². The van der Waals surface area contributed by atoms with Gasteiger partial charge in [0.05, 0.1) is 0 Å². The van der Waals surface area contributed by atoms with Crippen LogP contribution in [0.2, 0.25) is 0 Å². The Morgan fingerprint density at radius 3 is 2.25 bits per heavy atom. The molecule has 2 aromatic rings. The van der Waals surface area contributed by atoms with Gasteiger partial charge in [0.15, 0.2) is 0 Å². The minimum Gasteiger partial charge on any atom is -0.480 e. The van der Waals surface area contributed by atoms with E-state index in [0.29, 0.717) is 17.9 Å². The standard InChI is InChI=1S/C18H25NO2.C11H18N4/c20-18(21)17(15-9-5-2-6-10-15)19-12-11-16(13-19)14-7-3-1-4-8-14;1-14-8-4-10(5-9-14)15(2)11-12-6-3-7-13-11/h1,3-4,7-8,15-17H,2,5-6,9-13H2,(H,20,21);3,6-7,10H,4-5,8-9H2,1-2H3. The maximum atomic E-state index is 11.8. The van der Waals surface area contributed by atoms with Crippen LogP contribution in [0.3, 0.4) is 0 Å². The lowest BCUT2D eigenvalue weighted by molar-refractivity contribution is -0.145. The predicted octanol–water partition coefficient (Wildman–Crippen LogP) is 4.52. The highest BCUT2D eigenvalue weighted by Crippen LogP contribution is 2.34. The number of hydrogen-bond acceptors (Lipinski definition) is 6. The molecule has 1 aromatic carbocycles. The Morgan fingerprint density at radius 1 is 0.944 bits per heavy atom. The van der Waals surface area contributed by atoms with E-state index in [9.17, 15) is 9.90 Å². The number of carbonyl (C=O) groups is 1. The van der Waals surface area contributed by atoms with Crippen LogP contribution >= 0.6 is 0 Å². The van der Waals surface area contributed by atoms with Crippen LogP contribution < -0.4 is 4.90 Å². The number of nitrogens with zero attached hydrogens (tertiary/aromatic N) is 5. The van der Waals surface area contributed by atoms with E-state index in [0.717, 1.165) is 38.3 Å². The summed E-state index contributed by atoms with van der Waals surface area (Å²) >= 11 is 0. The SMILES string of the molecule is CN1CCC(N(C)c2ncccn2)CC1.O=C(O)C(C1CCCCC1)N1CCC(c2ccccc2)C1. The van der Waals surface area contributed by atoms with Crippen LogP contribution in [0.4, 0.5) is 5.95 Å². The van der Waals surface area contributed by atoms with Crippen molar-refractivity contribution in [2.45, 2.75) is 69.4 Å². The molecule has 196 valence electrons. The number of anilines is 1. The highest BCUT2D eigenvalue weighted by Gasteiger charge is 2.38. The molecule has 7 nitrogen and oxygen atoms in total. The first-order valence-corrected chi connectivity index (χ1v) is 13.7. The molecule has 1 saturated carbocycles. The van der Waals surface area contributed by atoms with E-state index in [1.165, 1.54) is 50.8 Å². The average Bonchev–Trinajstić information content (AvgIpc) is 3.40. The minimum absolute atomic E-state index is 0.265. The normalized spacial score (nSPS) is 23.0. The number of aliphatic carboxylic acids is 1. The molecule has 1 N–H and O–H groups in total. The number of carboxylic acid groups (broad SMARTS) is 1. The van der Waals surface area contributed by atoms with E-state index in [1.54, 1.807) is 12.4 Å². The van der Waals surface area contributed by atoms with E-state index in [4.69, 9.17) is 0 Å². The van der Waals surface area contributed by atoms with E-state index < -0.39 is 5.97 Å². The van der Waals surface area contributed by atoms with Crippen LogP contribution in [-0.2, 0) is 4.79 Å². The molecule has 36 heavy (non-hydrogen) atoms. The van der Waals surface area contributed by atoms with Crippen LogP contribution in [0.15, 0.2) is 48.8 Å². The van der Waals surface area contributed by atoms with Crippen LogP contribution in [0.5, 0.6) is 0 Å². The number of benzene rings is 1. The van der Waals surface area contributed by atoms with Gasteiger partial charge in [-0.25, -0.2) is 9.97 Å². The predicted molar refractivity (Wildman–Crippen MR) is 144 cm³/mol. The molecule has 3 fully saturated rings. The third-order valence-corrected chi connectivity index (χ3v) is 8.34. The maximum absolute atomic E-state index is 11.8. The largest absolute Gasteiger partial charge is 0.480 e. The molecule has 5 rings (SSSR count). The lowest BCUT2D eigenvalue weighted by Crippen LogP contribution is -2.45. The zero-order valence-corrected chi connectivity index (χ0v) is 22.0. The summed E-state index contributed by atoms with van der Waals surface area (Å²) < 4.78 is 0. The molecular formula is C29H43N5O2. The number of hydrogen-bond donors (Lipinski definition) is 1. The second-order valence-corrected chi connectivity index (χ2v) is 10.8. The van der Waals surface area contributed by atoms with Gasteiger partial charge in [-0.3, -0.25) is 9.69 Å². The third kappa shape index (κ3) is 7.04. The van der Waals surface area contributed by atoms with Crippen molar-refractivity contribution in [2.75, 3.05) is 45.2 Å². The summed E-state index contributed by atoms with van der Waals surface area (Å²) in [6.07, 6.45) is 12.9. The summed E-state index contributed by atoms with van der Waals surface area (Å²) in [5.41, 5.74) is 1.35. The van der Waals surface area contributed by atoms with Crippen molar-refractivity contribution in [3.05, 3.63) is 54.4 Å². The summed E-state index contributed by atoms with van der Waals surface area (Å²) in [5.74, 6) is 1.07. The van der Waals surface area contributed by atoms with Gasteiger partial charge >= 0.3 is 5.97 Å². The smallest absolute Gasteiger partial charge is 0.321 e. The highest BCUT2D eigenvalue weighted by atomic mass is 16.4. The zero-order chi connectivity index (χ0) is 25.3. The topological polar surface area (TPSA) is 72.8 Å². The van der Waals surface area contributed by atoms with Crippen molar-refractivity contribution in [1.29, 1.82) is 0 Å². The van der Waals surface area contributed by atoms with Gasteiger partial charge in [-0.1, -0.05) is 49.6 Å². The van der Waals surface area contributed by atoms with Crippen molar-refractivity contribution >= 4 is 11.9 Å². The number of piperidine rings is 1. The zero-order valence-electron chi connectivity index (χ0n) is 22.0. The Morgan fingerprint density at radius 2 is 1.61 bits per heavy atom. The summed E-state index contributed by atoms with van der Waals surface area (Å²) in [4.78, 5) is 27.1. The first-order chi connectivity index (χ1) is 17.5. The van der Waals surface area contributed by atoms with Gasteiger partial charge in [-0.15, -0.1) is 0 Å². The van der Waals surface area contributed by atoms with Crippen molar-refractivity contribution in [3.63, 3.8) is 0 Å². The molecule has 1 aromatic heterocycles. The maximum Gasteiger partial charge on any atom is 0.321 e. The van der Waals surface area contributed by atoms with Gasteiger partial charge in [-0.05, 0) is 82.3 Å². The lowest BCUT2D eigenvalue weighted by Gasteiger charge is -2.34. The Hall–Kier alpha value is -2.51. The van der Waals surface area contributed by atoms with Gasteiger partial charge in [0.25, 0.3) is 0 Å². The van der Waals surface area contributed by atoms with E-state index in [1.807, 2.05) is 12.1 Å². The Balaban J connectivity index is 0.000000179. The molecule has 0 spiro atoms. The first kappa shape index (κ1) is 26.6. The fourth-order valence-electron chi connectivity index (χ4n) is 6.16. The Kier molecular flexibility index (Phi) is 9.70. The number of likely N-dealkylation sites (tertiary alicyclic amines) is 2. The average molecular weight is 494 g/mol. The molecule has 0 radical (unpaired) electrons. The second-order valence-electron chi connectivity index (χ2n) is 10.8. The molecular weight excluding hydrogens is 450 g/mol. The van der Waals surface area contributed by atoms with Crippen molar-refractivity contribution in [1.82, 2.24) is 19.8 Å². The van der Waals surface area contributed by atoms with E-state index in [-0.39, 0.29) is 6.04 Å². The lowest BCUT2D eigenvalue weighted by atomic mass is 9.83. The molecule has 2 atom stereocenters. The quantitative estimate of drug-likeness (QED) is 0.634. The van der Waals surface area contributed by atoms with Crippen LogP contribution in [0.25, 0.3) is 0 Å². The fourth-order valence-corrected chi connectivity index (χ4v) is 6.16. The van der Waals surface area contributed by atoms with Gasteiger partial charge < -0.3 is 14.9 Å². The third-order valence-electron chi connectivity index (χ3n) is 8.34. The van der Waals surface area contributed by atoms with Crippen LogP contribution in [0, 0.1) is 5.92 Å². The van der Waals surface area contributed by atoms with Crippen molar-refractivity contribution in [2.24, 2.45) is 5.92 Å². The summed E-state index contributed by atoms with van der Waals surface area (Å²) in [5, 5.41) is 9.70. The van der Waals surface area contributed by atoms with E-state index >= 15 is 0 Å². The first-order valence-electron chi connectivity index (χ1n) is 13.7. The van der Waals surface area contributed by atoms with Crippen LogP contribution in [0.1, 0.15) is 62.8 Å². The van der Waals surface area contributed by atoms with Gasteiger partial charge in [0, 0.05) is 32.0 Å². The Labute approximate surface area is 216 Å². The van der Waals surface area contributed by atoms with Gasteiger partial charge in [-0.2, -0.15) is 0 Å². The number of rotatable bonds is 6. The van der Waals surface area contributed by atoms with Crippen molar-refractivity contribution in [3.8, 4) is 0 Å². The highest BCUT2D eigenvalue weighted by molar-refractivity contribution is 5.74. The van der Waals surface area contributed by atoms with Crippen molar-refractivity contribution < 1.29 is 9.90 Å².